The molecule has 0 radical (unpaired) electrons. The van der Waals surface area contributed by atoms with Crippen molar-refractivity contribution in [3.8, 4) is 0 Å². The van der Waals surface area contributed by atoms with Gasteiger partial charge in [0.1, 0.15) is 5.69 Å². The summed E-state index contributed by atoms with van der Waals surface area (Å²) in [7, 11) is 0. The van der Waals surface area contributed by atoms with E-state index in [0.29, 0.717) is 11.6 Å². The van der Waals surface area contributed by atoms with Crippen LogP contribution in [-0.4, -0.2) is 40.4 Å². The van der Waals surface area contributed by atoms with Crippen molar-refractivity contribution >= 4 is 17.5 Å². The molecule has 0 unspecified atom stereocenters. The van der Waals surface area contributed by atoms with E-state index in [1.54, 1.807) is 6.07 Å². The molecule has 0 saturated heterocycles. The Balaban J connectivity index is 1.92. The maximum atomic E-state index is 12.9. The quantitative estimate of drug-likeness (QED) is 0.805. The van der Waals surface area contributed by atoms with Gasteiger partial charge < -0.3 is 9.80 Å². The van der Waals surface area contributed by atoms with Crippen molar-refractivity contribution in [2.45, 2.75) is 40.0 Å². The predicted octanol–water partition coefficient (Wildman–Crippen LogP) is 3.74. The second-order valence-corrected chi connectivity index (χ2v) is 6.52. The maximum Gasteiger partial charge on any atom is 0.272 e. The van der Waals surface area contributed by atoms with E-state index in [0.717, 1.165) is 50.3 Å². The summed E-state index contributed by atoms with van der Waals surface area (Å²) in [5.41, 5.74) is 3.77. The lowest BCUT2D eigenvalue weighted by Gasteiger charge is -2.22. The van der Waals surface area contributed by atoms with Crippen LogP contribution in [0.2, 0.25) is 0 Å². The molecule has 2 heterocycles. The van der Waals surface area contributed by atoms with Gasteiger partial charge in [-0.15, -0.1) is 0 Å². The number of hydrogen-bond acceptors (Lipinski definition) is 4. The Labute approximate surface area is 149 Å². The lowest BCUT2D eigenvalue weighted by molar-refractivity contribution is 0.0749. The summed E-state index contributed by atoms with van der Waals surface area (Å²) in [5, 5.41) is 0. The number of anilines is 2. The largest absolute Gasteiger partial charge is 0.337 e. The van der Waals surface area contributed by atoms with Crippen LogP contribution in [0.4, 0.5) is 11.6 Å². The number of carbonyl (C=O) groups excluding carboxylic acids is 1. The molecule has 0 fully saturated rings. The number of carbonyl (C=O) groups is 1. The summed E-state index contributed by atoms with van der Waals surface area (Å²) in [6, 6.07) is 10.1. The van der Waals surface area contributed by atoms with Gasteiger partial charge in [-0.1, -0.05) is 32.0 Å². The van der Waals surface area contributed by atoms with Crippen LogP contribution >= 0.6 is 0 Å². The zero-order valence-electron chi connectivity index (χ0n) is 15.3. The third-order valence-corrected chi connectivity index (χ3v) is 4.46. The van der Waals surface area contributed by atoms with Crippen molar-refractivity contribution < 1.29 is 4.79 Å². The number of amides is 1. The van der Waals surface area contributed by atoms with E-state index in [9.17, 15) is 4.79 Å². The molecule has 1 aliphatic rings. The van der Waals surface area contributed by atoms with Crippen LogP contribution in [0.3, 0.4) is 0 Å². The van der Waals surface area contributed by atoms with Crippen LogP contribution in [0, 0.1) is 6.92 Å². The van der Waals surface area contributed by atoms with Crippen LogP contribution in [0.15, 0.2) is 30.3 Å². The van der Waals surface area contributed by atoms with E-state index in [1.165, 1.54) is 5.56 Å². The Bertz CT molecular complexity index is 753. The third kappa shape index (κ3) is 3.65. The molecule has 2 aromatic rings. The minimum Gasteiger partial charge on any atom is -0.337 e. The Morgan fingerprint density at radius 3 is 2.60 bits per heavy atom. The lowest BCUT2D eigenvalue weighted by atomic mass is 10.2. The van der Waals surface area contributed by atoms with Gasteiger partial charge in [-0.05, 0) is 43.9 Å². The number of para-hydroxylation sites is 1. The first-order chi connectivity index (χ1) is 12.1. The molecule has 5 nitrogen and oxygen atoms in total. The lowest BCUT2D eigenvalue weighted by Crippen LogP contribution is -2.33. The third-order valence-electron chi connectivity index (χ3n) is 4.46. The highest BCUT2D eigenvalue weighted by Gasteiger charge is 2.24. The number of rotatable bonds is 6. The molecule has 0 aliphatic carbocycles. The van der Waals surface area contributed by atoms with E-state index in [-0.39, 0.29) is 5.91 Å². The van der Waals surface area contributed by atoms with Gasteiger partial charge in [0.25, 0.3) is 5.91 Å². The molecule has 132 valence electrons. The van der Waals surface area contributed by atoms with Crippen molar-refractivity contribution in [1.82, 2.24) is 14.9 Å². The van der Waals surface area contributed by atoms with Gasteiger partial charge in [0.15, 0.2) is 0 Å². The monoisotopic (exact) mass is 338 g/mol. The number of aryl methyl sites for hydroxylation is 1. The fourth-order valence-corrected chi connectivity index (χ4v) is 3.35. The molecule has 0 bridgehead atoms. The Morgan fingerprint density at radius 1 is 1.16 bits per heavy atom. The Morgan fingerprint density at radius 2 is 1.88 bits per heavy atom. The number of aromatic nitrogens is 2. The minimum absolute atomic E-state index is 0.00271. The number of benzene rings is 1. The molecule has 1 aromatic carbocycles. The van der Waals surface area contributed by atoms with Crippen molar-refractivity contribution in [2.24, 2.45) is 0 Å². The van der Waals surface area contributed by atoms with Crippen molar-refractivity contribution in [1.29, 1.82) is 0 Å². The van der Waals surface area contributed by atoms with Gasteiger partial charge >= 0.3 is 0 Å². The van der Waals surface area contributed by atoms with Gasteiger partial charge in [0.05, 0.1) is 0 Å². The van der Waals surface area contributed by atoms with Crippen LogP contribution in [0.25, 0.3) is 0 Å². The molecular weight excluding hydrogens is 312 g/mol. The van der Waals surface area contributed by atoms with E-state index in [2.05, 4.69) is 46.9 Å². The average Bonchev–Trinajstić information content (AvgIpc) is 3.04. The second-order valence-electron chi connectivity index (χ2n) is 6.52. The van der Waals surface area contributed by atoms with Crippen LogP contribution in [-0.2, 0) is 6.42 Å². The molecule has 1 aliphatic heterocycles. The normalized spacial score (nSPS) is 13.0. The molecule has 1 amide bonds. The van der Waals surface area contributed by atoms with Crippen LogP contribution in [0.5, 0.6) is 0 Å². The van der Waals surface area contributed by atoms with E-state index in [1.807, 2.05) is 17.9 Å². The summed E-state index contributed by atoms with van der Waals surface area (Å²) in [6.45, 7) is 8.48. The smallest absolute Gasteiger partial charge is 0.272 e. The predicted molar refractivity (Wildman–Crippen MR) is 100 cm³/mol. The molecule has 0 N–H and O–H groups in total. The van der Waals surface area contributed by atoms with E-state index >= 15 is 0 Å². The van der Waals surface area contributed by atoms with Gasteiger partial charge in [0.2, 0.25) is 5.95 Å². The topological polar surface area (TPSA) is 49.3 Å². The number of fused-ring (bicyclic) bond motifs is 1. The summed E-state index contributed by atoms with van der Waals surface area (Å²) in [4.78, 5) is 26.1. The highest BCUT2D eigenvalue weighted by atomic mass is 16.2. The summed E-state index contributed by atoms with van der Waals surface area (Å²) >= 11 is 0. The van der Waals surface area contributed by atoms with Crippen LogP contribution < -0.4 is 4.90 Å². The van der Waals surface area contributed by atoms with E-state index in [4.69, 9.17) is 0 Å². The molecule has 0 spiro atoms. The highest BCUT2D eigenvalue weighted by Crippen LogP contribution is 2.32. The molecule has 3 rings (SSSR count). The fraction of sp³-hybridized carbons (Fsp3) is 0.450. The summed E-state index contributed by atoms with van der Waals surface area (Å²) in [5.74, 6) is 0.629. The first-order valence-electron chi connectivity index (χ1n) is 9.14. The Hall–Kier alpha value is -2.43. The first-order valence-corrected chi connectivity index (χ1v) is 9.14. The van der Waals surface area contributed by atoms with Crippen molar-refractivity contribution in [3.63, 3.8) is 0 Å². The number of nitrogens with zero attached hydrogens (tertiary/aromatic N) is 4. The SMILES string of the molecule is CCCN(CCC)C(=O)c1cc(C)nc(N2CCc3ccccc32)n1. The molecule has 0 saturated carbocycles. The molecule has 5 heteroatoms. The van der Waals surface area contributed by atoms with Gasteiger partial charge in [-0.2, -0.15) is 0 Å². The zero-order chi connectivity index (χ0) is 17.8. The summed E-state index contributed by atoms with van der Waals surface area (Å²) < 4.78 is 0. The van der Waals surface area contributed by atoms with Gasteiger partial charge in [-0.3, -0.25) is 4.79 Å². The minimum atomic E-state index is 0.00271. The first kappa shape index (κ1) is 17.4. The molecule has 25 heavy (non-hydrogen) atoms. The van der Waals surface area contributed by atoms with Crippen LogP contribution in [0.1, 0.15) is 48.4 Å². The van der Waals surface area contributed by atoms with Crippen molar-refractivity contribution in [2.75, 3.05) is 24.5 Å². The Kier molecular flexibility index (Phi) is 5.31. The zero-order valence-corrected chi connectivity index (χ0v) is 15.3. The van der Waals surface area contributed by atoms with Gasteiger partial charge in [0, 0.05) is 31.0 Å². The van der Waals surface area contributed by atoms with Crippen molar-refractivity contribution in [3.05, 3.63) is 47.3 Å². The fourth-order valence-electron chi connectivity index (χ4n) is 3.35. The standard InChI is InChI=1S/C20H26N4O/c1-4-11-23(12-5-2)19(25)17-14-15(3)21-20(22-17)24-13-10-16-8-6-7-9-18(16)24/h6-9,14H,4-5,10-13H2,1-3H3. The molecular formula is C20H26N4O. The highest BCUT2D eigenvalue weighted by molar-refractivity contribution is 5.92. The van der Waals surface area contributed by atoms with E-state index < -0.39 is 0 Å². The second kappa shape index (κ2) is 7.64. The summed E-state index contributed by atoms with van der Waals surface area (Å²) in [6.07, 6.45) is 2.87. The average molecular weight is 338 g/mol. The maximum absolute atomic E-state index is 12.9. The number of hydrogen-bond donors (Lipinski definition) is 0. The molecule has 0 atom stereocenters. The molecule has 1 aromatic heterocycles. The van der Waals surface area contributed by atoms with Gasteiger partial charge in [-0.25, -0.2) is 9.97 Å².